The van der Waals surface area contributed by atoms with Crippen LogP contribution in [0.1, 0.15) is 57.3 Å². The van der Waals surface area contributed by atoms with Gasteiger partial charge in [-0.2, -0.15) is 0 Å². The largest absolute Gasteiger partial charge is 0.474 e. The van der Waals surface area contributed by atoms with Crippen LogP contribution >= 0.6 is 0 Å². The number of aromatic nitrogens is 5. The zero-order valence-electron chi connectivity index (χ0n) is 22.4. The summed E-state index contributed by atoms with van der Waals surface area (Å²) in [4.78, 5) is 36.8. The maximum atomic E-state index is 13.8. The smallest absolute Gasteiger partial charge is 0.332 e. The van der Waals surface area contributed by atoms with Crippen LogP contribution in [0.25, 0.3) is 22.6 Å². The Morgan fingerprint density at radius 1 is 1.05 bits per heavy atom. The minimum Gasteiger partial charge on any atom is -0.474 e. The van der Waals surface area contributed by atoms with Gasteiger partial charge in [-0.05, 0) is 57.6 Å². The van der Waals surface area contributed by atoms with Crippen LogP contribution in [0.4, 0.5) is 0 Å². The summed E-state index contributed by atoms with van der Waals surface area (Å²) in [6.07, 6.45) is 2.57. The molecule has 0 atom stereocenters. The molecule has 1 fully saturated rings. The van der Waals surface area contributed by atoms with Crippen LogP contribution in [0.5, 0.6) is 5.88 Å². The number of benzene rings is 1. The van der Waals surface area contributed by atoms with E-state index in [2.05, 4.69) is 6.92 Å². The second-order valence-electron chi connectivity index (χ2n) is 10.6. The summed E-state index contributed by atoms with van der Waals surface area (Å²) in [5.41, 5.74) is 2.39. The van der Waals surface area contributed by atoms with E-state index in [-0.39, 0.29) is 25.3 Å². The lowest BCUT2D eigenvalue weighted by atomic mass is 9.84. The molecule has 1 aliphatic rings. The average molecular weight is 518 g/mol. The highest BCUT2D eigenvalue weighted by Crippen LogP contribution is 2.32. The molecule has 1 aromatic carbocycles. The second-order valence-corrected chi connectivity index (χ2v) is 10.6. The molecule has 1 aliphatic carbocycles. The number of aliphatic hydroxyl groups is 1. The maximum absolute atomic E-state index is 13.8. The first-order chi connectivity index (χ1) is 18.3. The summed E-state index contributed by atoms with van der Waals surface area (Å²) >= 11 is 0. The van der Waals surface area contributed by atoms with Crippen LogP contribution in [0, 0.1) is 12.8 Å². The van der Waals surface area contributed by atoms with Crippen molar-refractivity contribution in [2.24, 2.45) is 5.92 Å². The standard InChI is InChI=1S/C29H35N5O4/c1-18(2)34-27-25(28(36)32(29(34)37)13-8-14-35)33(17-21-9-6-5-7-10-21)26(31-27)23-11-12-24(30-20(23)4)38-22-15-19(3)16-22/h5-7,9-12,18-19,22,35H,8,13-17H2,1-4H3. The first-order valence-corrected chi connectivity index (χ1v) is 13.3. The van der Waals surface area contributed by atoms with Crippen molar-refractivity contribution in [3.8, 4) is 17.3 Å². The van der Waals surface area contributed by atoms with Crippen molar-refractivity contribution in [3.05, 3.63) is 74.6 Å². The van der Waals surface area contributed by atoms with Crippen molar-refractivity contribution < 1.29 is 9.84 Å². The van der Waals surface area contributed by atoms with E-state index in [0.29, 0.717) is 41.8 Å². The molecule has 0 spiro atoms. The zero-order chi connectivity index (χ0) is 27.0. The molecule has 1 saturated carbocycles. The van der Waals surface area contributed by atoms with E-state index in [1.807, 2.05) is 67.8 Å². The van der Waals surface area contributed by atoms with E-state index < -0.39 is 11.2 Å². The normalized spacial score (nSPS) is 17.2. The van der Waals surface area contributed by atoms with Gasteiger partial charge in [0, 0.05) is 37.4 Å². The molecule has 9 nitrogen and oxygen atoms in total. The number of pyridine rings is 1. The number of hydrogen-bond acceptors (Lipinski definition) is 6. The van der Waals surface area contributed by atoms with Gasteiger partial charge in [-0.3, -0.25) is 13.9 Å². The van der Waals surface area contributed by atoms with Crippen LogP contribution in [-0.2, 0) is 13.1 Å². The zero-order valence-corrected chi connectivity index (χ0v) is 22.4. The van der Waals surface area contributed by atoms with Gasteiger partial charge < -0.3 is 14.4 Å². The third-order valence-corrected chi connectivity index (χ3v) is 7.22. The van der Waals surface area contributed by atoms with Crippen molar-refractivity contribution in [1.29, 1.82) is 0 Å². The fourth-order valence-electron chi connectivity index (χ4n) is 5.21. The lowest BCUT2D eigenvalue weighted by Gasteiger charge is -2.32. The van der Waals surface area contributed by atoms with E-state index in [4.69, 9.17) is 14.7 Å². The summed E-state index contributed by atoms with van der Waals surface area (Å²) < 4.78 is 10.7. The van der Waals surface area contributed by atoms with E-state index in [9.17, 15) is 14.7 Å². The van der Waals surface area contributed by atoms with Gasteiger partial charge in [0.25, 0.3) is 5.56 Å². The Morgan fingerprint density at radius 3 is 2.42 bits per heavy atom. The number of fused-ring (bicyclic) bond motifs is 1. The van der Waals surface area contributed by atoms with Gasteiger partial charge in [-0.15, -0.1) is 0 Å². The van der Waals surface area contributed by atoms with E-state index in [1.54, 1.807) is 4.57 Å². The van der Waals surface area contributed by atoms with Crippen molar-refractivity contribution in [3.63, 3.8) is 0 Å². The molecule has 9 heteroatoms. The summed E-state index contributed by atoms with van der Waals surface area (Å²) in [5.74, 6) is 1.83. The Balaban J connectivity index is 1.71. The monoisotopic (exact) mass is 517 g/mol. The number of nitrogens with zero attached hydrogens (tertiary/aromatic N) is 5. The molecular formula is C29H35N5O4. The third kappa shape index (κ3) is 4.78. The maximum Gasteiger partial charge on any atom is 0.332 e. The van der Waals surface area contributed by atoms with Gasteiger partial charge in [0.1, 0.15) is 11.9 Å². The van der Waals surface area contributed by atoms with Crippen molar-refractivity contribution in [1.82, 2.24) is 23.7 Å². The van der Waals surface area contributed by atoms with Crippen molar-refractivity contribution in [2.75, 3.05) is 6.61 Å². The molecule has 38 heavy (non-hydrogen) atoms. The Morgan fingerprint density at radius 2 is 1.79 bits per heavy atom. The molecule has 0 unspecified atom stereocenters. The van der Waals surface area contributed by atoms with Gasteiger partial charge >= 0.3 is 5.69 Å². The molecule has 1 N–H and O–H groups in total. The first kappa shape index (κ1) is 25.9. The highest BCUT2D eigenvalue weighted by atomic mass is 16.5. The second kappa shape index (κ2) is 10.6. The van der Waals surface area contributed by atoms with Gasteiger partial charge in [0.2, 0.25) is 5.88 Å². The predicted octanol–water partition coefficient (Wildman–Crippen LogP) is 3.92. The van der Waals surface area contributed by atoms with Crippen molar-refractivity contribution >= 4 is 11.2 Å². The minimum atomic E-state index is -0.421. The Kier molecular flexibility index (Phi) is 7.21. The molecule has 200 valence electrons. The fourth-order valence-corrected chi connectivity index (χ4v) is 5.21. The van der Waals surface area contributed by atoms with Gasteiger partial charge in [-0.25, -0.2) is 14.8 Å². The Labute approximate surface area is 221 Å². The van der Waals surface area contributed by atoms with E-state index in [1.165, 1.54) is 4.57 Å². The minimum absolute atomic E-state index is 0.112. The van der Waals surface area contributed by atoms with E-state index in [0.717, 1.165) is 29.7 Å². The molecular weight excluding hydrogens is 482 g/mol. The molecule has 0 bridgehead atoms. The first-order valence-electron chi connectivity index (χ1n) is 13.3. The molecule has 0 amide bonds. The fraction of sp³-hybridized carbons (Fsp3) is 0.448. The summed E-state index contributed by atoms with van der Waals surface area (Å²) in [6.45, 7) is 8.35. The Hall–Kier alpha value is -3.72. The third-order valence-electron chi connectivity index (χ3n) is 7.22. The summed E-state index contributed by atoms with van der Waals surface area (Å²) in [7, 11) is 0. The number of rotatable bonds is 9. The molecule has 5 rings (SSSR count). The molecule has 4 aromatic rings. The number of hydrogen-bond donors (Lipinski definition) is 1. The topological polar surface area (TPSA) is 104 Å². The number of aliphatic hydroxyl groups excluding tert-OH is 1. The van der Waals surface area contributed by atoms with Crippen LogP contribution in [0.15, 0.2) is 52.1 Å². The quantitative estimate of drug-likeness (QED) is 0.361. The molecule has 3 aromatic heterocycles. The van der Waals surface area contributed by atoms with Crippen LogP contribution < -0.4 is 16.0 Å². The van der Waals surface area contributed by atoms with Gasteiger partial charge in [0.15, 0.2) is 11.2 Å². The number of imidazole rings is 1. The number of ether oxygens (including phenoxy) is 1. The molecule has 0 radical (unpaired) electrons. The van der Waals surface area contributed by atoms with E-state index >= 15 is 0 Å². The lowest BCUT2D eigenvalue weighted by Crippen LogP contribution is -2.41. The van der Waals surface area contributed by atoms with Crippen LogP contribution in [-0.4, -0.2) is 41.5 Å². The highest BCUT2D eigenvalue weighted by molar-refractivity contribution is 5.78. The SMILES string of the molecule is Cc1nc(OC2CC(C)C2)ccc1-c1nc2c(c(=O)n(CCCO)c(=O)n2C(C)C)n1Cc1ccccc1. The average Bonchev–Trinajstić information content (AvgIpc) is 3.22. The van der Waals surface area contributed by atoms with Crippen LogP contribution in [0.3, 0.4) is 0 Å². The molecule has 0 aliphatic heterocycles. The molecule has 3 heterocycles. The number of aryl methyl sites for hydroxylation is 1. The van der Waals surface area contributed by atoms with Crippen LogP contribution in [0.2, 0.25) is 0 Å². The summed E-state index contributed by atoms with van der Waals surface area (Å²) in [6, 6.07) is 13.4. The van der Waals surface area contributed by atoms with Gasteiger partial charge in [-0.1, -0.05) is 37.3 Å². The highest BCUT2D eigenvalue weighted by Gasteiger charge is 2.28. The van der Waals surface area contributed by atoms with Crippen molar-refractivity contribution in [2.45, 2.75) is 72.2 Å². The lowest BCUT2D eigenvalue weighted by molar-refractivity contribution is 0.0694. The Bertz CT molecular complexity index is 1560. The van der Waals surface area contributed by atoms with Gasteiger partial charge in [0.05, 0.1) is 5.69 Å². The molecule has 0 saturated heterocycles. The predicted molar refractivity (Wildman–Crippen MR) is 147 cm³/mol. The summed E-state index contributed by atoms with van der Waals surface area (Å²) in [5, 5.41) is 9.38.